The molecule has 184 valence electrons. The Balaban J connectivity index is 0.000000967. The van der Waals surface area contributed by atoms with Crippen LogP contribution >= 0.6 is 0 Å². The van der Waals surface area contributed by atoms with Crippen LogP contribution in [0.2, 0.25) is 0 Å². The minimum absolute atomic E-state index is 0.125. The molecule has 2 heterocycles. The fourth-order valence-corrected chi connectivity index (χ4v) is 4.69. The number of piperidine rings is 1. The zero-order valence-corrected chi connectivity index (χ0v) is 20.6. The number of nitrogens with zero attached hydrogens (tertiary/aromatic N) is 3. The second kappa shape index (κ2) is 11.1. The molecular weight excluding hydrogens is 478 g/mol. The molecule has 4 aromatic rings. The van der Waals surface area contributed by atoms with Crippen LogP contribution in [-0.4, -0.2) is 36.8 Å². The number of benzene rings is 3. The Labute approximate surface area is 211 Å². The lowest BCUT2D eigenvalue weighted by Crippen LogP contribution is -2.29. The summed E-state index contributed by atoms with van der Waals surface area (Å²) in [5.74, 6) is -0.349. The minimum atomic E-state index is -0.750. The summed E-state index contributed by atoms with van der Waals surface area (Å²) in [6, 6.07) is 22.4. The van der Waals surface area contributed by atoms with Gasteiger partial charge in [-0.3, -0.25) is 14.9 Å². The van der Waals surface area contributed by atoms with E-state index in [-0.39, 0.29) is 17.0 Å². The molecule has 1 aliphatic rings. The number of carbonyl (C=O) groups is 1. The molecule has 1 fully saturated rings. The van der Waals surface area contributed by atoms with E-state index in [9.17, 15) is 14.9 Å². The van der Waals surface area contributed by atoms with Gasteiger partial charge in [-0.25, -0.2) is 0 Å². The number of ketones is 1. The van der Waals surface area contributed by atoms with Gasteiger partial charge >= 0.3 is 11.6 Å². The highest BCUT2D eigenvalue weighted by Gasteiger charge is 2.27. The van der Waals surface area contributed by atoms with Gasteiger partial charge in [-0.2, -0.15) is 8.42 Å². The number of hydrogen-bond acceptors (Lipinski definition) is 6. The number of nitro groups is 1. The van der Waals surface area contributed by atoms with Crippen LogP contribution in [0.4, 0.5) is 11.4 Å². The lowest BCUT2D eigenvalue weighted by molar-refractivity contribution is -0.385. The Morgan fingerprint density at radius 1 is 0.889 bits per heavy atom. The molecule has 0 aliphatic carbocycles. The van der Waals surface area contributed by atoms with Gasteiger partial charge in [-0.15, -0.1) is 0 Å². The van der Waals surface area contributed by atoms with E-state index in [1.165, 1.54) is 12.5 Å². The average molecular weight is 504 g/mol. The van der Waals surface area contributed by atoms with Crippen molar-refractivity contribution in [3.8, 4) is 5.69 Å². The van der Waals surface area contributed by atoms with Crippen molar-refractivity contribution in [1.29, 1.82) is 0 Å². The summed E-state index contributed by atoms with van der Waals surface area (Å²) in [5, 5.41) is 12.8. The third-order valence-corrected chi connectivity index (χ3v) is 6.35. The Morgan fingerprint density at radius 2 is 1.58 bits per heavy atom. The maximum atomic E-state index is 13.9. The van der Waals surface area contributed by atoms with Crippen molar-refractivity contribution in [2.24, 2.45) is 0 Å². The summed E-state index contributed by atoms with van der Waals surface area (Å²) in [4.78, 5) is 27.5. The van der Waals surface area contributed by atoms with Gasteiger partial charge in [-0.05, 0) is 68.1 Å². The number of para-hydroxylation sites is 1. The van der Waals surface area contributed by atoms with E-state index < -0.39 is 16.5 Å². The van der Waals surface area contributed by atoms with E-state index >= 15 is 0 Å². The molecule has 9 heteroatoms. The van der Waals surface area contributed by atoms with Gasteiger partial charge in [0.2, 0.25) is 5.78 Å². The Kier molecular flexibility index (Phi) is 7.70. The SMILES string of the molecule is Cc1ccc2cc(C(=O)c3cc(N4CCCCC4)ccc3[N+](=O)[O-])n(-c3ccccc3)c2c1.O=S=O. The van der Waals surface area contributed by atoms with E-state index in [1.807, 2.05) is 66.1 Å². The number of rotatable bonds is 5. The number of aromatic nitrogens is 1. The van der Waals surface area contributed by atoms with Crippen molar-refractivity contribution < 1.29 is 18.1 Å². The summed E-state index contributed by atoms with van der Waals surface area (Å²) in [6.45, 7) is 3.81. The van der Waals surface area contributed by atoms with Crippen molar-refractivity contribution >= 4 is 39.6 Å². The molecule has 1 saturated heterocycles. The number of nitro benzene ring substituents is 1. The maximum absolute atomic E-state index is 13.9. The van der Waals surface area contributed by atoms with Crippen molar-refractivity contribution in [3.05, 3.63) is 99.7 Å². The molecule has 0 radical (unpaired) electrons. The van der Waals surface area contributed by atoms with Crippen LogP contribution in [0.3, 0.4) is 0 Å². The van der Waals surface area contributed by atoms with E-state index in [4.69, 9.17) is 8.42 Å². The second-order valence-corrected chi connectivity index (χ2v) is 8.80. The summed E-state index contributed by atoms with van der Waals surface area (Å²) in [6.07, 6.45) is 3.36. The van der Waals surface area contributed by atoms with Crippen LogP contribution in [0.15, 0.2) is 72.8 Å². The first-order valence-corrected chi connectivity index (χ1v) is 12.3. The van der Waals surface area contributed by atoms with Gasteiger partial charge in [-0.1, -0.05) is 30.3 Å². The van der Waals surface area contributed by atoms with Gasteiger partial charge in [0.1, 0.15) is 5.56 Å². The molecule has 1 aliphatic heterocycles. The summed E-state index contributed by atoms with van der Waals surface area (Å²) in [7, 11) is 0. The number of carbonyl (C=O) groups excluding carboxylic acids is 1. The number of aryl methyl sites for hydroxylation is 1. The molecule has 1 aromatic heterocycles. The number of fused-ring (bicyclic) bond motifs is 1. The molecule has 3 aromatic carbocycles. The Morgan fingerprint density at radius 3 is 2.25 bits per heavy atom. The van der Waals surface area contributed by atoms with Crippen LogP contribution in [0.25, 0.3) is 16.6 Å². The van der Waals surface area contributed by atoms with E-state index in [0.29, 0.717) is 5.69 Å². The topological polar surface area (TPSA) is 103 Å². The van der Waals surface area contributed by atoms with Crippen LogP contribution in [0.5, 0.6) is 0 Å². The van der Waals surface area contributed by atoms with E-state index in [2.05, 4.69) is 4.90 Å². The molecule has 5 rings (SSSR count). The monoisotopic (exact) mass is 503 g/mol. The molecule has 0 N–H and O–H groups in total. The van der Waals surface area contributed by atoms with Crippen LogP contribution in [0, 0.1) is 17.0 Å². The van der Waals surface area contributed by atoms with Crippen molar-refractivity contribution in [1.82, 2.24) is 4.57 Å². The third kappa shape index (κ3) is 5.11. The highest BCUT2D eigenvalue weighted by Crippen LogP contribution is 2.32. The van der Waals surface area contributed by atoms with Crippen LogP contribution < -0.4 is 4.90 Å². The van der Waals surface area contributed by atoms with Gasteiger partial charge in [0.15, 0.2) is 0 Å². The number of anilines is 1. The molecule has 0 spiro atoms. The van der Waals surface area contributed by atoms with Crippen molar-refractivity contribution in [3.63, 3.8) is 0 Å². The predicted octanol–water partition coefficient (Wildman–Crippen LogP) is 5.40. The first-order valence-electron chi connectivity index (χ1n) is 11.6. The summed E-state index contributed by atoms with van der Waals surface area (Å²) in [5.41, 5.74) is 4.06. The van der Waals surface area contributed by atoms with Gasteiger partial charge in [0.25, 0.3) is 5.69 Å². The lowest BCUT2D eigenvalue weighted by atomic mass is 10.0. The maximum Gasteiger partial charge on any atom is 0.335 e. The standard InChI is InChI=1S/C27H25N3O3.O2S/c1-19-10-11-20-17-26(29(25(20)16-19)21-8-4-2-5-9-21)27(31)23-18-22(12-13-24(23)30(32)33)28-14-6-3-7-15-28;1-3-2/h2,4-5,8-13,16-18H,3,6-7,14-15H2,1H3;. The fraction of sp³-hybridized carbons (Fsp3) is 0.222. The smallest absolute Gasteiger partial charge is 0.335 e. The Hall–Kier alpha value is -4.11. The zero-order valence-electron chi connectivity index (χ0n) is 19.8. The van der Waals surface area contributed by atoms with Gasteiger partial charge < -0.3 is 9.47 Å². The highest BCUT2D eigenvalue weighted by atomic mass is 32.1. The largest absolute Gasteiger partial charge is 0.372 e. The first-order chi connectivity index (χ1) is 17.4. The van der Waals surface area contributed by atoms with Crippen molar-refractivity contribution in [2.75, 3.05) is 18.0 Å². The Bertz CT molecular complexity index is 1450. The van der Waals surface area contributed by atoms with E-state index in [1.54, 1.807) is 12.1 Å². The van der Waals surface area contributed by atoms with Crippen LogP contribution in [0.1, 0.15) is 40.9 Å². The minimum Gasteiger partial charge on any atom is -0.372 e. The highest BCUT2D eigenvalue weighted by molar-refractivity contribution is 7.51. The van der Waals surface area contributed by atoms with Crippen LogP contribution in [-0.2, 0) is 11.6 Å². The number of hydrogen-bond donors (Lipinski definition) is 0. The molecule has 0 unspecified atom stereocenters. The van der Waals surface area contributed by atoms with Gasteiger partial charge in [0, 0.05) is 35.9 Å². The summed E-state index contributed by atoms with van der Waals surface area (Å²) >= 11 is -0.750. The summed E-state index contributed by atoms with van der Waals surface area (Å²) < 4.78 is 18.5. The molecule has 8 nitrogen and oxygen atoms in total. The fourth-order valence-electron chi connectivity index (χ4n) is 4.69. The molecular formula is C27H25N3O5S. The van der Waals surface area contributed by atoms with Crippen molar-refractivity contribution in [2.45, 2.75) is 26.2 Å². The average Bonchev–Trinajstić information content (AvgIpc) is 3.28. The molecule has 0 saturated carbocycles. The van der Waals surface area contributed by atoms with E-state index in [0.717, 1.165) is 53.8 Å². The molecule has 0 amide bonds. The normalized spacial score (nSPS) is 13.1. The van der Waals surface area contributed by atoms with Gasteiger partial charge in [0.05, 0.1) is 16.1 Å². The second-order valence-electron chi connectivity index (χ2n) is 8.67. The zero-order chi connectivity index (χ0) is 25.7. The molecule has 0 bridgehead atoms. The predicted molar refractivity (Wildman–Crippen MR) is 140 cm³/mol. The molecule has 0 atom stereocenters. The third-order valence-electron chi connectivity index (χ3n) is 6.35. The first kappa shape index (κ1) is 25.0. The lowest BCUT2D eigenvalue weighted by Gasteiger charge is -2.29. The quantitative estimate of drug-likeness (QED) is 0.205. The molecule has 36 heavy (non-hydrogen) atoms.